The molecule has 1 saturated heterocycles. The van der Waals surface area contributed by atoms with Crippen molar-refractivity contribution in [3.63, 3.8) is 0 Å². The van der Waals surface area contributed by atoms with Gasteiger partial charge in [-0.1, -0.05) is 42.5 Å². The summed E-state index contributed by atoms with van der Waals surface area (Å²) in [6.45, 7) is 0.529. The lowest BCUT2D eigenvalue weighted by Crippen LogP contribution is -2.27. The zero-order valence-corrected chi connectivity index (χ0v) is 23.2. The van der Waals surface area contributed by atoms with Gasteiger partial charge in [-0.25, -0.2) is 8.42 Å². The molecular weight excluding hydrogens is 546 g/mol. The topological polar surface area (TPSA) is 105 Å². The van der Waals surface area contributed by atoms with Crippen molar-refractivity contribution in [2.45, 2.75) is 16.8 Å². The second-order valence-corrected chi connectivity index (χ2v) is 11.9. The third-order valence-electron chi connectivity index (χ3n) is 6.39. The van der Waals surface area contributed by atoms with Gasteiger partial charge in [0.05, 0.1) is 17.8 Å². The summed E-state index contributed by atoms with van der Waals surface area (Å²) in [4.78, 5) is 27.3. The van der Waals surface area contributed by atoms with E-state index in [9.17, 15) is 18.0 Å². The molecule has 10 heteroatoms. The van der Waals surface area contributed by atoms with Crippen LogP contribution in [0, 0.1) is 0 Å². The number of sulfonamides is 1. The fourth-order valence-electron chi connectivity index (χ4n) is 4.27. The van der Waals surface area contributed by atoms with Crippen LogP contribution >= 0.6 is 11.8 Å². The monoisotopic (exact) mass is 573 g/mol. The Balaban J connectivity index is 1.22. The third kappa shape index (κ3) is 6.30. The lowest BCUT2D eigenvalue weighted by molar-refractivity contribution is -0.128. The van der Waals surface area contributed by atoms with Gasteiger partial charge in [0.25, 0.3) is 15.9 Å². The molecule has 0 bridgehead atoms. The number of carbonyl (C=O) groups is 2. The smallest absolute Gasteiger partial charge is 0.261 e. The molecule has 5 rings (SSSR count). The Labute approximate surface area is 237 Å². The molecule has 0 aliphatic carbocycles. The highest BCUT2D eigenvalue weighted by atomic mass is 32.2. The van der Waals surface area contributed by atoms with Crippen LogP contribution in [-0.2, 0) is 21.4 Å². The molecule has 0 unspecified atom stereocenters. The van der Waals surface area contributed by atoms with Gasteiger partial charge in [-0.05, 0) is 71.8 Å². The van der Waals surface area contributed by atoms with E-state index in [1.54, 1.807) is 48.2 Å². The summed E-state index contributed by atoms with van der Waals surface area (Å²) < 4.78 is 33.1. The number of hydrogen-bond donors (Lipinski definition) is 2. The lowest BCUT2D eigenvalue weighted by atomic mass is 10.1. The van der Waals surface area contributed by atoms with Gasteiger partial charge in [0, 0.05) is 23.5 Å². The molecular formula is C30H27N3O5S2. The van der Waals surface area contributed by atoms with Crippen LogP contribution in [0.2, 0.25) is 0 Å². The fourth-order valence-corrected chi connectivity index (χ4v) is 6.52. The number of nitrogens with zero attached hydrogens (tertiary/aromatic N) is 1. The number of methoxy groups -OCH3 is 1. The Morgan fingerprint density at radius 2 is 1.55 bits per heavy atom. The predicted octanol–water partition coefficient (Wildman–Crippen LogP) is 5.52. The zero-order chi connectivity index (χ0) is 28.1. The summed E-state index contributed by atoms with van der Waals surface area (Å²) in [5, 5.41) is 2.68. The van der Waals surface area contributed by atoms with E-state index in [-0.39, 0.29) is 22.1 Å². The molecule has 8 nitrogen and oxygen atoms in total. The van der Waals surface area contributed by atoms with E-state index in [0.29, 0.717) is 35.0 Å². The maximum absolute atomic E-state index is 12.9. The molecule has 0 saturated carbocycles. The summed E-state index contributed by atoms with van der Waals surface area (Å²) >= 11 is 1.57. The standard InChI is InChI=1S/C30H27N3O5S2/c1-38-26-15-11-25(12-16-26)32-40(36,37)27-17-13-24(14-18-27)31-29(35)22-7-9-23(10-8-22)30-33(28(34)20-39-30)19-21-5-3-2-4-6-21/h2-18,30,32H,19-20H2,1H3,(H,31,35)/t30-/m1/s1. The first-order valence-electron chi connectivity index (χ1n) is 12.5. The molecule has 2 amide bonds. The number of rotatable bonds is 9. The zero-order valence-electron chi connectivity index (χ0n) is 21.6. The summed E-state index contributed by atoms with van der Waals surface area (Å²) in [7, 11) is -2.27. The average molecular weight is 574 g/mol. The van der Waals surface area contributed by atoms with Crippen LogP contribution in [0.4, 0.5) is 11.4 Å². The number of nitrogens with one attached hydrogen (secondary N) is 2. The largest absolute Gasteiger partial charge is 0.497 e. The summed E-state index contributed by atoms with van der Waals surface area (Å²) in [5.41, 5.74) is 3.33. The molecule has 0 spiro atoms. The van der Waals surface area contributed by atoms with Crippen molar-refractivity contribution in [3.8, 4) is 5.75 Å². The lowest BCUT2D eigenvalue weighted by Gasteiger charge is -2.24. The molecule has 0 aromatic heterocycles. The van der Waals surface area contributed by atoms with Gasteiger partial charge in [0.15, 0.2) is 0 Å². The van der Waals surface area contributed by atoms with Crippen LogP contribution < -0.4 is 14.8 Å². The van der Waals surface area contributed by atoms with E-state index in [4.69, 9.17) is 4.74 Å². The maximum atomic E-state index is 12.9. The van der Waals surface area contributed by atoms with Crippen molar-refractivity contribution in [1.82, 2.24) is 4.90 Å². The second-order valence-electron chi connectivity index (χ2n) is 9.11. The van der Waals surface area contributed by atoms with Crippen molar-refractivity contribution < 1.29 is 22.7 Å². The van der Waals surface area contributed by atoms with E-state index in [1.807, 2.05) is 47.4 Å². The first kappa shape index (κ1) is 27.3. The molecule has 40 heavy (non-hydrogen) atoms. The van der Waals surface area contributed by atoms with Gasteiger partial charge in [0.1, 0.15) is 11.1 Å². The van der Waals surface area contributed by atoms with Crippen molar-refractivity contribution in [2.75, 3.05) is 22.9 Å². The minimum Gasteiger partial charge on any atom is -0.497 e. The second kappa shape index (κ2) is 11.8. The van der Waals surface area contributed by atoms with Crippen molar-refractivity contribution in [1.29, 1.82) is 0 Å². The third-order valence-corrected chi connectivity index (χ3v) is 9.04. The van der Waals surface area contributed by atoms with E-state index in [0.717, 1.165) is 11.1 Å². The quantitative estimate of drug-likeness (QED) is 0.273. The van der Waals surface area contributed by atoms with Crippen molar-refractivity contribution >= 4 is 45.0 Å². The van der Waals surface area contributed by atoms with E-state index in [1.165, 1.54) is 31.4 Å². The molecule has 4 aromatic carbocycles. The maximum Gasteiger partial charge on any atom is 0.261 e. The van der Waals surface area contributed by atoms with Crippen molar-refractivity contribution in [3.05, 3.63) is 120 Å². The first-order chi connectivity index (χ1) is 19.3. The minimum absolute atomic E-state index is 0.0642. The van der Waals surface area contributed by atoms with Gasteiger partial charge in [-0.3, -0.25) is 14.3 Å². The highest BCUT2D eigenvalue weighted by Crippen LogP contribution is 2.39. The SMILES string of the molecule is COc1ccc(NS(=O)(=O)c2ccc(NC(=O)c3ccc([C@H]4SCC(=O)N4Cc4ccccc4)cc3)cc2)cc1. The van der Waals surface area contributed by atoms with E-state index < -0.39 is 10.0 Å². The minimum atomic E-state index is -3.81. The number of ether oxygens (including phenoxy) is 1. The highest BCUT2D eigenvalue weighted by molar-refractivity contribution is 8.00. The fraction of sp³-hybridized carbons (Fsp3) is 0.133. The van der Waals surface area contributed by atoms with Gasteiger partial charge >= 0.3 is 0 Å². The highest BCUT2D eigenvalue weighted by Gasteiger charge is 2.32. The summed E-state index contributed by atoms with van der Waals surface area (Å²) in [6.07, 6.45) is 0. The number of amides is 2. The molecule has 1 aliphatic rings. The van der Waals surface area contributed by atoms with E-state index in [2.05, 4.69) is 10.0 Å². The molecule has 2 N–H and O–H groups in total. The molecule has 1 aliphatic heterocycles. The number of thioether (sulfide) groups is 1. The Morgan fingerprint density at radius 1 is 0.900 bits per heavy atom. The Hall–Kier alpha value is -4.28. The van der Waals surface area contributed by atoms with Crippen LogP contribution in [0.3, 0.4) is 0 Å². The molecule has 1 heterocycles. The Morgan fingerprint density at radius 3 is 2.20 bits per heavy atom. The van der Waals surface area contributed by atoms with Crippen LogP contribution in [0.1, 0.15) is 26.9 Å². The Kier molecular flexibility index (Phi) is 8.09. The van der Waals surface area contributed by atoms with Crippen LogP contribution in [0.5, 0.6) is 5.75 Å². The summed E-state index contributed by atoms with van der Waals surface area (Å²) in [6, 6.07) is 29.5. The van der Waals surface area contributed by atoms with Gasteiger partial charge in [-0.15, -0.1) is 11.8 Å². The number of anilines is 2. The van der Waals surface area contributed by atoms with Crippen LogP contribution in [0.15, 0.2) is 108 Å². The molecule has 1 atom stereocenters. The van der Waals surface area contributed by atoms with Gasteiger partial charge in [0.2, 0.25) is 5.91 Å². The first-order valence-corrected chi connectivity index (χ1v) is 15.0. The molecule has 1 fully saturated rings. The normalized spacial score (nSPS) is 15.1. The van der Waals surface area contributed by atoms with Gasteiger partial charge in [-0.2, -0.15) is 0 Å². The molecule has 4 aromatic rings. The number of benzene rings is 4. The van der Waals surface area contributed by atoms with Gasteiger partial charge < -0.3 is 15.0 Å². The average Bonchev–Trinajstić information content (AvgIpc) is 3.33. The van der Waals surface area contributed by atoms with Crippen LogP contribution in [-0.4, -0.2) is 38.0 Å². The Bertz CT molecular complexity index is 1590. The number of hydrogen-bond acceptors (Lipinski definition) is 6. The van der Waals surface area contributed by atoms with Crippen LogP contribution in [0.25, 0.3) is 0 Å². The summed E-state index contributed by atoms with van der Waals surface area (Å²) in [5.74, 6) is 0.802. The van der Waals surface area contributed by atoms with E-state index >= 15 is 0 Å². The molecule has 204 valence electrons. The molecule has 0 radical (unpaired) electrons. The predicted molar refractivity (Wildman–Crippen MR) is 157 cm³/mol. The number of carbonyl (C=O) groups excluding carboxylic acids is 2. The van der Waals surface area contributed by atoms with Crippen molar-refractivity contribution in [2.24, 2.45) is 0 Å².